The SMILES string of the molecule is CC(C)N1CC(C(=O)N2CCN(c3ccc([N+](=O)[O-])cc3)CC2)CC1=O. The van der Waals surface area contributed by atoms with Crippen molar-refractivity contribution in [2.24, 2.45) is 5.92 Å². The van der Waals surface area contributed by atoms with E-state index in [0.29, 0.717) is 39.1 Å². The molecular weight excluding hydrogens is 336 g/mol. The van der Waals surface area contributed by atoms with E-state index in [1.165, 1.54) is 12.1 Å². The fourth-order valence-electron chi connectivity index (χ4n) is 3.62. The number of carbonyl (C=O) groups excluding carboxylic acids is 2. The van der Waals surface area contributed by atoms with Crippen LogP contribution in [0.5, 0.6) is 0 Å². The average Bonchev–Trinajstić information content (AvgIpc) is 3.03. The number of hydrogen-bond donors (Lipinski definition) is 0. The lowest BCUT2D eigenvalue weighted by Crippen LogP contribution is -2.50. The zero-order chi connectivity index (χ0) is 18.8. The van der Waals surface area contributed by atoms with E-state index in [-0.39, 0.29) is 29.5 Å². The summed E-state index contributed by atoms with van der Waals surface area (Å²) >= 11 is 0. The lowest BCUT2D eigenvalue weighted by Gasteiger charge is -2.37. The summed E-state index contributed by atoms with van der Waals surface area (Å²) in [6.07, 6.45) is 0.305. The second-order valence-electron chi connectivity index (χ2n) is 7.13. The molecule has 1 unspecified atom stereocenters. The van der Waals surface area contributed by atoms with E-state index in [1.807, 2.05) is 18.7 Å². The van der Waals surface area contributed by atoms with Gasteiger partial charge in [-0.05, 0) is 26.0 Å². The molecule has 3 rings (SSSR count). The number of likely N-dealkylation sites (tertiary alicyclic amines) is 1. The van der Waals surface area contributed by atoms with Crippen molar-refractivity contribution in [3.8, 4) is 0 Å². The molecule has 0 N–H and O–H groups in total. The fraction of sp³-hybridized carbons (Fsp3) is 0.556. The van der Waals surface area contributed by atoms with Gasteiger partial charge >= 0.3 is 0 Å². The number of anilines is 1. The lowest BCUT2D eigenvalue weighted by molar-refractivity contribution is -0.384. The molecule has 8 nitrogen and oxygen atoms in total. The molecule has 2 saturated heterocycles. The molecule has 2 aliphatic rings. The van der Waals surface area contributed by atoms with Gasteiger partial charge < -0.3 is 14.7 Å². The molecule has 1 atom stereocenters. The van der Waals surface area contributed by atoms with Crippen LogP contribution in [-0.4, -0.2) is 65.3 Å². The molecule has 2 aliphatic heterocycles. The summed E-state index contributed by atoms with van der Waals surface area (Å²) in [4.78, 5) is 40.8. The third-order valence-electron chi connectivity index (χ3n) is 5.15. The van der Waals surface area contributed by atoms with Gasteiger partial charge in [0, 0.05) is 63.0 Å². The van der Waals surface area contributed by atoms with E-state index in [4.69, 9.17) is 0 Å². The van der Waals surface area contributed by atoms with Crippen LogP contribution < -0.4 is 4.90 Å². The number of nitrogens with zero attached hydrogens (tertiary/aromatic N) is 4. The first kappa shape index (κ1) is 18.2. The molecule has 0 radical (unpaired) electrons. The summed E-state index contributed by atoms with van der Waals surface area (Å²) in [7, 11) is 0. The van der Waals surface area contributed by atoms with E-state index in [2.05, 4.69) is 4.90 Å². The molecule has 0 aliphatic carbocycles. The van der Waals surface area contributed by atoms with Gasteiger partial charge in [-0.3, -0.25) is 19.7 Å². The van der Waals surface area contributed by atoms with Crippen LogP contribution in [0.25, 0.3) is 0 Å². The summed E-state index contributed by atoms with van der Waals surface area (Å²) < 4.78 is 0. The molecule has 1 aromatic rings. The molecule has 2 fully saturated rings. The molecule has 0 spiro atoms. The molecule has 1 aromatic carbocycles. The predicted octanol–water partition coefficient (Wildman–Crippen LogP) is 1.50. The second-order valence-corrected chi connectivity index (χ2v) is 7.13. The van der Waals surface area contributed by atoms with Gasteiger partial charge in [-0.15, -0.1) is 0 Å². The van der Waals surface area contributed by atoms with E-state index in [1.54, 1.807) is 17.0 Å². The highest BCUT2D eigenvalue weighted by Gasteiger charge is 2.38. The van der Waals surface area contributed by atoms with Crippen molar-refractivity contribution in [1.82, 2.24) is 9.80 Å². The maximum absolute atomic E-state index is 12.7. The van der Waals surface area contributed by atoms with E-state index in [0.717, 1.165) is 5.69 Å². The largest absolute Gasteiger partial charge is 0.368 e. The average molecular weight is 360 g/mol. The number of nitro benzene ring substituents is 1. The first-order chi connectivity index (χ1) is 12.4. The predicted molar refractivity (Wildman–Crippen MR) is 96.8 cm³/mol. The normalized spacial score (nSPS) is 20.8. The van der Waals surface area contributed by atoms with Crippen LogP contribution in [0.15, 0.2) is 24.3 Å². The van der Waals surface area contributed by atoms with Crippen molar-refractivity contribution in [3.63, 3.8) is 0 Å². The zero-order valence-electron chi connectivity index (χ0n) is 15.1. The van der Waals surface area contributed by atoms with Gasteiger partial charge in [0.05, 0.1) is 10.8 Å². The van der Waals surface area contributed by atoms with Crippen molar-refractivity contribution in [2.45, 2.75) is 26.3 Å². The number of carbonyl (C=O) groups is 2. The monoisotopic (exact) mass is 360 g/mol. The van der Waals surface area contributed by atoms with Gasteiger partial charge in [-0.1, -0.05) is 0 Å². The number of piperazine rings is 1. The van der Waals surface area contributed by atoms with Gasteiger partial charge in [0.2, 0.25) is 11.8 Å². The summed E-state index contributed by atoms with van der Waals surface area (Å²) in [6, 6.07) is 6.60. The van der Waals surface area contributed by atoms with Gasteiger partial charge in [-0.25, -0.2) is 0 Å². The highest BCUT2D eigenvalue weighted by Crippen LogP contribution is 2.24. The second kappa shape index (κ2) is 7.31. The van der Waals surface area contributed by atoms with E-state index < -0.39 is 4.92 Å². The van der Waals surface area contributed by atoms with Crippen LogP contribution in [0.1, 0.15) is 20.3 Å². The topological polar surface area (TPSA) is 87.0 Å². The Morgan fingerprint density at radius 2 is 1.77 bits per heavy atom. The van der Waals surface area contributed by atoms with Crippen molar-refractivity contribution in [2.75, 3.05) is 37.6 Å². The van der Waals surface area contributed by atoms with Crippen molar-refractivity contribution in [3.05, 3.63) is 34.4 Å². The third kappa shape index (κ3) is 3.63. The Balaban J connectivity index is 1.56. The Kier molecular flexibility index (Phi) is 5.11. The van der Waals surface area contributed by atoms with E-state index >= 15 is 0 Å². The van der Waals surface area contributed by atoms with Crippen LogP contribution in [-0.2, 0) is 9.59 Å². The number of benzene rings is 1. The molecular formula is C18H24N4O4. The van der Waals surface area contributed by atoms with Crippen LogP contribution in [0, 0.1) is 16.0 Å². The van der Waals surface area contributed by atoms with Crippen molar-refractivity contribution < 1.29 is 14.5 Å². The van der Waals surface area contributed by atoms with Gasteiger partial charge in [-0.2, -0.15) is 0 Å². The Labute approximate surface area is 152 Å². The molecule has 0 aromatic heterocycles. The first-order valence-corrected chi connectivity index (χ1v) is 8.94. The Hall–Kier alpha value is -2.64. The van der Waals surface area contributed by atoms with E-state index in [9.17, 15) is 19.7 Å². The zero-order valence-corrected chi connectivity index (χ0v) is 15.1. The quantitative estimate of drug-likeness (QED) is 0.600. The minimum Gasteiger partial charge on any atom is -0.368 e. The van der Waals surface area contributed by atoms with Crippen LogP contribution in [0.4, 0.5) is 11.4 Å². The Morgan fingerprint density at radius 3 is 2.27 bits per heavy atom. The maximum Gasteiger partial charge on any atom is 0.269 e. The lowest BCUT2D eigenvalue weighted by atomic mass is 10.1. The van der Waals surface area contributed by atoms with Gasteiger partial charge in [0.25, 0.3) is 5.69 Å². The molecule has 0 saturated carbocycles. The Morgan fingerprint density at radius 1 is 1.15 bits per heavy atom. The maximum atomic E-state index is 12.7. The summed E-state index contributed by atoms with van der Waals surface area (Å²) in [5.74, 6) is -0.122. The number of rotatable bonds is 4. The molecule has 0 bridgehead atoms. The number of amides is 2. The molecule has 26 heavy (non-hydrogen) atoms. The van der Waals surface area contributed by atoms with Gasteiger partial charge in [0.1, 0.15) is 0 Å². The van der Waals surface area contributed by atoms with Gasteiger partial charge in [0.15, 0.2) is 0 Å². The van der Waals surface area contributed by atoms with Crippen molar-refractivity contribution >= 4 is 23.2 Å². The molecule has 140 valence electrons. The summed E-state index contributed by atoms with van der Waals surface area (Å²) in [5.41, 5.74) is 0.993. The highest BCUT2D eigenvalue weighted by molar-refractivity contribution is 5.89. The van der Waals surface area contributed by atoms with Crippen LogP contribution >= 0.6 is 0 Å². The summed E-state index contributed by atoms with van der Waals surface area (Å²) in [6.45, 7) is 7.00. The minimum absolute atomic E-state index is 0.0582. The highest BCUT2D eigenvalue weighted by atomic mass is 16.6. The number of hydrogen-bond acceptors (Lipinski definition) is 5. The molecule has 8 heteroatoms. The minimum atomic E-state index is -0.413. The van der Waals surface area contributed by atoms with Crippen LogP contribution in [0.2, 0.25) is 0 Å². The first-order valence-electron chi connectivity index (χ1n) is 8.94. The van der Waals surface area contributed by atoms with Crippen LogP contribution in [0.3, 0.4) is 0 Å². The third-order valence-corrected chi connectivity index (χ3v) is 5.15. The molecule has 2 amide bonds. The Bertz CT molecular complexity index is 696. The number of nitro groups is 1. The summed E-state index contributed by atoms with van der Waals surface area (Å²) in [5, 5.41) is 10.7. The van der Waals surface area contributed by atoms with Crippen molar-refractivity contribution in [1.29, 1.82) is 0 Å². The molecule has 2 heterocycles. The number of non-ortho nitro benzene ring substituents is 1. The fourth-order valence-corrected chi connectivity index (χ4v) is 3.62. The standard InChI is InChI=1S/C18H24N4O4/c1-13(2)21-12-14(11-17(21)23)18(24)20-9-7-19(8-10-20)15-3-5-16(6-4-15)22(25)26/h3-6,13-14H,7-12H2,1-2H3. The smallest absolute Gasteiger partial charge is 0.269 e.